The number of halogens is 2. The van der Waals surface area contributed by atoms with Crippen LogP contribution in [0.5, 0.6) is 0 Å². The lowest BCUT2D eigenvalue weighted by atomic mass is 9.99. The van der Waals surface area contributed by atoms with Gasteiger partial charge in [0, 0.05) is 29.4 Å². The van der Waals surface area contributed by atoms with E-state index in [1.807, 2.05) is 0 Å². The molecule has 0 spiro atoms. The number of rotatable bonds is 5. The molecule has 3 rings (SSSR count). The Labute approximate surface area is 145 Å². The van der Waals surface area contributed by atoms with Crippen molar-refractivity contribution in [3.05, 3.63) is 64.9 Å². The van der Waals surface area contributed by atoms with E-state index in [1.165, 1.54) is 36.4 Å². The van der Waals surface area contributed by atoms with Gasteiger partial charge in [-0.2, -0.15) is 0 Å². The first-order chi connectivity index (χ1) is 11.4. The van der Waals surface area contributed by atoms with E-state index in [4.69, 9.17) is 23.1 Å². The van der Waals surface area contributed by atoms with Gasteiger partial charge >= 0.3 is 0 Å². The Kier molecular flexibility index (Phi) is 4.42. The molecule has 0 radical (unpaired) electrons. The van der Waals surface area contributed by atoms with E-state index in [2.05, 4.69) is 0 Å². The van der Waals surface area contributed by atoms with Crippen LogP contribution in [0.2, 0.25) is 5.02 Å². The number of hydrogen-bond donors (Lipinski definition) is 2. The van der Waals surface area contributed by atoms with Crippen molar-refractivity contribution in [3.63, 3.8) is 0 Å². The zero-order valence-corrected chi connectivity index (χ0v) is 14.4. The van der Waals surface area contributed by atoms with E-state index < -0.39 is 32.2 Å². The Balaban J connectivity index is 2.06. The molecular weight excluding hydrogens is 351 g/mol. The largest absolute Gasteiger partial charge is 0.330 e. The van der Waals surface area contributed by atoms with E-state index in [1.54, 1.807) is 12.1 Å². The van der Waals surface area contributed by atoms with Crippen LogP contribution in [0.15, 0.2) is 53.4 Å². The van der Waals surface area contributed by atoms with Crippen molar-refractivity contribution >= 4 is 21.4 Å². The van der Waals surface area contributed by atoms with Gasteiger partial charge in [-0.3, -0.25) is 0 Å². The molecule has 0 aromatic heterocycles. The van der Waals surface area contributed by atoms with Gasteiger partial charge in [0.1, 0.15) is 5.82 Å². The van der Waals surface area contributed by atoms with Gasteiger partial charge in [0.05, 0.1) is 10.1 Å². The molecule has 4 N–H and O–H groups in total. The molecule has 0 unspecified atom stereocenters. The average Bonchev–Trinajstić information content (AvgIpc) is 3.26. The molecule has 0 bridgehead atoms. The molecular formula is C17H18ClFN2O2S. The molecule has 1 fully saturated rings. The lowest BCUT2D eigenvalue weighted by Gasteiger charge is -2.13. The number of benzene rings is 2. The van der Waals surface area contributed by atoms with Gasteiger partial charge in [-0.25, -0.2) is 12.8 Å². The standard InChI is InChI=1S/C17H18ClFN2O2S/c18-12-4-6-14(7-5-12)24(22,23)16-15(17(16,9-20)10-21)11-2-1-3-13(19)8-11/h1-8,15-16H,9-10,20-21H2/t15-,16-/m0/s1. The highest BCUT2D eigenvalue weighted by atomic mass is 35.5. The maximum Gasteiger partial charge on any atom is 0.182 e. The van der Waals surface area contributed by atoms with Crippen molar-refractivity contribution in [2.45, 2.75) is 16.1 Å². The highest BCUT2D eigenvalue weighted by Crippen LogP contribution is 2.63. The van der Waals surface area contributed by atoms with Crippen LogP contribution in [0, 0.1) is 11.2 Å². The maximum absolute atomic E-state index is 13.6. The fourth-order valence-corrected chi connectivity index (χ4v) is 6.09. The fraction of sp³-hybridized carbons (Fsp3) is 0.294. The number of sulfone groups is 1. The summed E-state index contributed by atoms with van der Waals surface area (Å²) in [6, 6.07) is 11.9. The molecule has 2 aromatic rings. The normalized spacial score (nSPS) is 22.3. The molecule has 1 aliphatic rings. The highest BCUT2D eigenvalue weighted by molar-refractivity contribution is 7.92. The van der Waals surface area contributed by atoms with Crippen molar-refractivity contribution in [2.75, 3.05) is 13.1 Å². The second-order valence-electron chi connectivity index (χ2n) is 6.09. The second-order valence-corrected chi connectivity index (χ2v) is 8.60. The molecule has 4 nitrogen and oxygen atoms in total. The first-order valence-corrected chi connectivity index (χ1v) is 9.44. The average molecular weight is 369 g/mol. The third-order valence-electron chi connectivity index (χ3n) is 4.82. The molecule has 2 aromatic carbocycles. The van der Waals surface area contributed by atoms with Crippen LogP contribution in [-0.2, 0) is 9.84 Å². The fourth-order valence-electron chi connectivity index (χ4n) is 3.49. The lowest BCUT2D eigenvalue weighted by molar-refractivity contribution is 0.509. The molecule has 0 amide bonds. The third-order valence-corrected chi connectivity index (χ3v) is 7.42. The Morgan fingerprint density at radius 3 is 2.25 bits per heavy atom. The van der Waals surface area contributed by atoms with E-state index >= 15 is 0 Å². The SMILES string of the molecule is NCC1(CN)[C@@H](c2cccc(F)c2)[C@@H]1S(=O)(=O)c1ccc(Cl)cc1. The predicted octanol–water partition coefficient (Wildman–Crippen LogP) is 2.32. The smallest absolute Gasteiger partial charge is 0.182 e. The molecule has 24 heavy (non-hydrogen) atoms. The predicted molar refractivity (Wildman–Crippen MR) is 92.1 cm³/mol. The monoisotopic (exact) mass is 368 g/mol. The summed E-state index contributed by atoms with van der Waals surface area (Å²) in [5, 5.41) is -0.321. The number of hydrogen-bond acceptors (Lipinski definition) is 4. The second kappa shape index (κ2) is 6.11. The van der Waals surface area contributed by atoms with Gasteiger partial charge in [-0.05, 0) is 42.0 Å². The van der Waals surface area contributed by atoms with Crippen LogP contribution in [0.25, 0.3) is 0 Å². The van der Waals surface area contributed by atoms with Crippen LogP contribution in [0.1, 0.15) is 11.5 Å². The van der Waals surface area contributed by atoms with E-state index in [0.29, 0.717) is 10.6 Å². The first-order valence-electron chi connectivity index (χ1n) is 7.52. The van der Waals surface area contributed by atoms with Crippen molar-refractivity contribution in [3.8, 4) is 0 Å². The quantitative estimate of drug-likeness (QED) is 0.848. The van der Waals surface area contributed by atoms with Gasteiger partial charge in [-0.1, -0.05) is 23.7 Å². The van der Waals surface area contributed by atoms with Crippen LogP contribution >= 0.6 is 11.6 Å². The minimum Gasteiger partial charge on any atom is -0.330 e. The number of nitrogens with two attached hydrogens (primary N) is 2. The van der Waals surface area contributed by atoms with Gasteiger partial charge < -0.3 is 11.5 Å². The molecule has 0 heterocycles. The van der Waals surface area contributed by atoms with Gasteiger partial charge in [-0.15, -0.1) is 0 Å². The summed E-state index contributed by atoms with van der Waals surface area (Å²) in [6.45, 7) is 0.227. The molecule has 0 saturated heterocycles. The van der Waals surface area contributed by atoms with Crippen LogP contribution in [-0.4, -0.2) is 26.8 Å². The molecule has 7 heteroatoms. The van der Waals surface area contributed by atoms with Gasteiger partial charge in [0.15, 0.2) is 9.84 Å². The van der Waals surface area contributed by atoms with Gasteiger partial charge in [0.25, 0.3) is 0 Å². The summed E-state index contributed by atoms with van der Waals surface area (Å²) in [5.74, 6) is -0.839. The van der Waals surface area contributed by atoms with Crippen LogP contribution in [0.4, 0.5) is 4.39 Å². The van der Waals surface area contributed by atoms with Crippen molar-refractivity contribution in [1.29, 1.82) is 0 Å². The maximum atomic E-state index is 13.6. The Morgan fingerprint density at radius 1 is 1.08 bits per heavy atom. The summed E-state index contributed by atoms with van der Waals surface area (Å²) in [6.07, 6.45) is 0. The third kappa shape index (κ3) is 2.63. The summed E-state index contributed by atoms with van der Waals surface area (Å²) in [7, 11) is -3.67. The van der Waals surface area contributed by atoms with E-state index in [0.717, 1.165) is 0 Å². The van der Waals surface area contributed by atoms with Crippen molar-refractivity contribution in [2.24, 2.45) is 16.9 Å². The molecule has 1 saturated carbocycles. The lowest BCUT2D eigenvalue weighted by Crippen LogP contribution is -2.31. The minimum absolute atomic E-state index is 0.113. The first kappa shape index (κ1) is 17.4. The van der Waals surface area contributed by atoms with Crippen LogP contribution in [0.3, 0.4) is 0 Å². The molecule has 1 aliphatic carbocycles. The zero-order valence-electron chi connectivity index (χ0n) is 12.8. The minimum atomic E-state index is -3.67. The zero-order chi connectivity index (χ0) is 17.5. The van der Waals surface area contributed by atoms with E-state index in [-0.39, 0.29) is 18.0 Å². The summed E-state index contributed by atoms with van der Waals surface area (Å²) < 4.78 is 39.7. The van der Waals surface area contributed by atoms with Crippen molar-refractivity contribution < 1.29 is 12.8 Å². The summed E-state index contributed by atoms with van der Waals surface area (Å²) >= 11 is 5.83. The Morgan fingerprint density at radius 2 is 1.71 bits per heavy atom. The van der Waals surface area contributed by atoms with Gasteiger partial charge in [0.2, 0.25) is 0 Å². The molecule has 128 valence electrons. The summed E-state index contributed by atoms with van der Waals surface area (Å²) in [5.41, 5.74) is 11.6. The highest BCUT2D eigenvalue weighted by Gasteiger charge is 2.69. The summed E-state index contributed by atoms with van der Waals surface area (Å²) in [4.78, 5) is 0.169. The Hall–Kier alpha value is -1.47. The topological polar surface area (TPSA) is 86.2 Å². The Bertz CT molecular complexity index is 851. The molecule has 2 atom stereocenters. The molecule has 0 aliphatic heterocycles. The van der Waals surface area contributed by atoms with Crippen LogP contribution < -0.4 is 11.5 Å². The van der Waals surface area contributed by atoms with Crippen molar-refractivity contribution in [1.82, 2.24) is 0 Å². The van der Waals surface area contributed by atoms with E-state index in [9.17, 15) is 12.8 Å².